The number of phenols is 1. The zero-order valence-electron chi connectivity index (χ0n) is 8.87. The van der Waals surface area contributed by atoms with Gasteiger partial charge in [-0.1, -0.05) is 17.7 Å². The van der Waals surface area contributed by atoms with Gasteiger partial charge in [0.15, 0.2) is 11.5 Å². The highest BCUT2D eigenvalue weighted by Crippen LogP contribution is 2.26. The van der Waals surface area contributed by atoms with Crippen molar-refractivity contribution in [2.24, 2.45) is 0 Å². The van der Waals surface area contributed by atoms with E-state index in [0.717, 1.165) is 12.0 Å². The number of phenolic OH excluding ortho intramolecular Hbond substituents is 1. The lowest BCUT2D eigenvalue weighted by Gasteiger charge is -2.04. The monoisotopic (exact) mass is 192 g/mol. The first kappa shape index (κ1) is 10.6. The molecule has 0 saturated heterocycles. The van der Waals surface area contributed by atoms with Gasteiger partial charge in [-0.3, -0.25) is 0 Å². The van der Waals surface area contributed by atoms with Crippen molar-refractivity contribution >= 4 is 0 Å². The summed E-state index contributed by atoms with van der Waals surface area (Å²) in [6.07, 6.45) is 3.02. The number of hydrogen-bond acceptors (Lipinski definition) is 2. The van der Waals surface area contributed by atoms with E-state index >= 15 is 0 Å². The van der Waals surface area contributed by atoms with Crippen LogP contribution in [0.15, 0.2) is 29.8 Å². The highest BCUT2D eigenvalue weighted by Gasteiger charge is 2.00. The molecule has 0 unspecified atom stereocenters. The van der Waals surface area contributed by atoms with Crippen molar-refractivity contribution in [1.29, 1.82) is 0 Å². The predicted octanol–water partition coefficient (Wildman–Crippen LogP) is 2.91. The maximum absolute atomic E-state index is 9.37. The first-order valence-corrected chi connectivity index (χ1v) is 4.62. The molecule has 0 aromatic heterocycles. The Balaban J connectivity index is 2.84. The molecule has 2 nitrogen and oxygen atoms in total. The standard InChI is InChI=1S/C12H16O2/c1-9(2)4-5-10-6-7-11(13)12(8-10)14-3/h4,6-8,13H,5H2,1-3H3. The Hall–Kier alpha value is -1.44. The molecule has 1 aromatic rings. The van der Waals surface area contributed by atoms with Crippen LogP contribution in [-0.2, 0) is 6.42 Å². The van der Waals surface area contributed by atoms with E-state index in [1.807, 2.05) is 12.1 Å². The Kier molecular flexibility index (Phi) is 3.57. The molecular weight excluding hydrogens is 176 g/mol. The quantitative estimate of drug-likeness (QED) is 0.746. The Morgan fingerprint density at radius 3 is 2.71 bits per heavy atom. The fraction of sp³-hybridized carbons (Fsp3) is 0.333. The van der Waals surface area contributed by atoms with Crippen LogP contribution in [-0.4, -0.2) is 12.2 Å². The van der Waals surface area contributed by atoms with E-state index in [1.165, 1.54) is 5.57 Å². The summed E-state index contributed by atoms with van der Waals surface area (Å²) in [7, 11) is 1.56. The number of allylic oxidation sites excluding steroid dienone is 2. The zero-order valence-corrected chi connectivity index (χ0v) is 8.87. The van der Waals surface area contributed by atoms with Gasteiger partial charge in [0.25, 0.3) is 0 Å². The molecule has 0 bridgehead atoms. The number of ether oxygens (including phenoxy) is 1. The summed E-state index contributed by atoms with van der Waals surface area (Å²) in [6, 6.07) is 5.42. The summed E-state index contributed by atoms with van der Waals surface area (Å²) < 4.78 is 5.02. The molecular formula is C12H16O2. The number of methoxy groups -OCH3 is 1. The van der Waals surface area contributed by atoms with Gasteiger partial charge >= 0.3 is 0 Å². The smallest absolute Gasteiger partial charge is 0.160 e. The number of rotatable bonds is 3. The number of benzene rings is 1. The molecule has 2 heteroatoms. The number of hydrogen-bond donors (Lipinski definition) is 1. The second-order valence-corrected chi connectivity index (χ2v) is 3.49. The lowest BCUT2D eigenvalue weighted by molar-refractivity contribution is 0.373. The van der Waals surface area contributed by atoms with Crippen molar-refractivity contribution in [3.8, 4) is 11.5 Å². The molecule has 0 aliphatic rings. The van der Waals surface area contributed by atoms with E-state index in [0.29, 0.717) is 5.75 Å². The Labute approximate surface area is 84.8 Å². The van der Waals surface area contributed by atoms with Gasteiger partial charge in [-0.15, -0.1) is 0 Å². The minimum atomic E-state index is 0.188. The van der Waals surface area contributed by atoms with Crippen LogP contribution in [0.25, 0.3) is 0 Å². The van der Waals surface area contributed by atoms with Crippen molar-refractivity contribution < 1.29 is 9.84 Å². The van der Waals surface area contributed by atoms with E-state index in [4.69, 9.17) is 4.74 Å². The summed E-state index contributed by atoms with van der Waals surface area (Å²) in [6.45, 7) is 4.13. The Bertz CT molecular complexity index is 336. The average molecular weight is 192 g/mol. The fourth-order valence-corrected chi connectivity index (χ4v) is 1.17. The Morgan fingerprint density at radius 2 is 2.14 bits per heavy atom. The molecule has 0 aliphatic heterocycles. The topological polar surface area (TPSA) is 29.5 Å². The third-order valence-electron chi connectivity index (χ3n) is 1.99. The van der Waals surface area contributed by atoms with E-state index in [1.54, 1.807) is 13.2 Å². The number of aromatic hydroxyl groups is 1. The second kappa shape index (κ2) is 4.70. The van der Waals surface area contributed by atoms with Crippen LogP contribution < -0.4 is 4.74 Å². The van der Waals surface area contributed by atoms with Crippen molar-refractivity contribution in [2.75, 3.05) is 7.11 Å². The van der Waals surface area contributed by atoms with Crippen molar-refractivity contribution in [3.05, 3.63) is 35.4 Å². The van der Waals surface area contributed by atoms with Gasteiger partial charge in [0.2, 0.25) is 0 Å². The van der Waals surface area contributed by atoms with Gasteiger partial charge in [0.1, 0.15) is 0 Å². The molecule has 0 aliphatic carbocycles. The van der Waals surface area contributed by atoms with Crippen LogP contribution in [0, 0.1) is 0 Å². The molecule has 0 spiro atoms. The van der Waals surface area contributed by atoms with Gasteiger partial charge in [-0.25, -0.2) is 0 Å². The predicted molar refractivity (Wildman–Crippen MR) is 57.8 cm³/mol. The molecule has 1 N–H and O–H groups in total. The molecule has 0 heterocycles. The van der Waals surface area contributed by atoms with Crippen LogP contribution >= 0.6 is 0 Å². The van der Waals surface area contributed by atoms with Crippen molar-refractivity contribution in [3.63, 3.8) is 0 Å². The fourth-order valence-electron chi connectivity index (χ4n) is 1.17. The summed E-state index contributed by atoms with van der Waals surface area (Å²) in [5.74, 6) is 0.720. The van der Waals surface area contributed by atoms with Crippen molar-refractivity contribution in [1.82, 2.24) is 0 Å². The van der Waals surface area contributed by atoms with E-state index in [9.17, 15) is 5.11 Å². The molecule has 0 atom stereocenters. The molecule has 0 saturated carbocycles. The molecule has 0 radical (unpaired) electrons. The summed E-state index contributed by atoms with van der Waals surface area (Å²) in [5, 5.41) is 9.37. The maximum Gasteiger partial charge on any atom is 0.160 e. The molecule has 1 rings (SSSR count). The van der Waals surface area contributed by atoms with E-state index in [-0.39, 0.29) is 5.75 Å². The van der Waals surface area contributed by atoms with E-state index in [2.05, 4.69) is 19.9 Å². The van der Waals surface area contributed by atoms with Gasteiger partial charge in [-0.2, -0.15) is 0 Å². The third-order valence-corrected chi connectivity index (χ3v) is 1.99. The summed E-state index contributed by atoms with van der Waals surface area (Å²) >= 11 is 0. The normalized spacial score (nSPS) is 9.64. The maximum atomic E-state index is 9.37. The largest absolute Gasteiger partial charge is 0.504 e. The zero-order chi connectivity index (χ0) is 10.6. The highest BCUT2D eigenvalue weighted by molar-refractivity contribution is 5.42. The first-order chi connectivity index (χ1) is 6.63. The highest BCUT2D eigenvalue weighted by atomic mass is 16.5. The molecule has 14 heavy (non-hydrogen) atoms. The first-order valence-electron chi connectivity index (χ1n) is 4.62. The second-order valence-electron chi connectivity index (χ2n) is 3.49. The lowest BCUT2D eigenvalue weighted by atomic mass is 10.1. The summed E-state index contributed by atoms with van der Waals surface area (Å²) in [5.41, 5.74) is 2.43. The molecule has 0 amide bonds. The molecule has 0 fully saturated rings. The minimum absolute atomic E-state index is 0.188. The molecule has 76 valence electrons. The average Bonchev–Trinajstić information content (AvgIpc) is 2.16. The van der Waals surface area contributed by atoms with Crippen LogP contribution in [0.5, 0.6) is 11.5 Å². The SMILES string of the molecule is COc1cc(CC=C(C)C)ccc1O. The van der Waals surface area contributed by atoms with E-state index < -0.39 is 0 Å². The van der Waals surface area contributed by atoms with Gasteiger partial charge in [-0.05, 0) is 38.0 Å². The van der Waals surface area contributed by atoms with Gasteiger partial charge in [0, 0.05) is 0 Å². The van der Waals surface area contributed by atoms with Crippen LogP contribution in [0.4, 0.5) is 0 Å². The van der Waals surface area contributed by atoms with Gasteiger partial charge < -0.3 is 9.84 Å². The van der Waals surface area contributed by atoms with Crippen molar-refractivity contribution in [2.45, 2.75) is 20.3 Å². The van der Waals surface area contributed by atoms with Gasteiger partial charge in [0.05, 0.1) is 7.11 Å². The minimum Gasteiger partial charge on any atom is -0.504 e. The van der Waals surface area contributed by atoms with Crippen LogP contribution in [0.2, 0.25) is 0 Å². The summed E-state index contributed by atoms with van der Waals surface area (Å²) in [4.78, 5) is 0. The van der Waals surface area contributed by atoms with Crippen LogP contribution in [0.3, 0.4) is 0 Å². The van der Waals surface area contributed by atoms with Crippen LogP contribution in [0.1, 0.15) is 19.4 Å². The lowest BCUT2D eigenvalue weighted by Crippen LogP contribution is -1.87. The Morgan fingerprint density at radius 1 is 1.43 bits per heavy atom. The third kappa shape index (κ3) is 2.80. The molecule has 1 aromatic carbocycles.